The number of anilines is 2. The third-order valence-electron chi connectivity index (χ3n) is 4.24. The van der Waals surface area contributed by atoms with Gasteiger partial charge in [0, 0.05) is 22.5 Å². The summed E-state index contributed by atoms with van der Waals surface area (Å²) >= 11 is 5.93. The quantitative estimate of drug-likeness (QED) is 0.795. The molecule has 1 fully saturated rings. The summed E-state index contributed by atoms with van der Waals surface area (Å²) in [5.74, 6) is -3.07. The third kappa shape index (κ3) is 3.49. The van der Waals surface area contributed by atoms with Crippen LogP contribution in [0.2, 0.25) is 5.02 Å². The standard InChI is InChI=1S/C18H15ClF2N2O2/c1-10-2-3-11(19)8-15(10)23-17(25)18(6-7-18)16(24)22-12-4-5-13(20)14(21)9-12/h2-5,8-9H,6-7H2,1H3,(H,22,24)(H,23,25). The molecule has 25 heavy (non-hydrogen) atoms. The molecule has 1 saturated carbocycles. The van der Waals surface area contributed by atoms with E-state index < -0.39 is 28.9 Å². The van der Waals surface area contributed by atoms with Crippen LogP contribution in [-0.4, -0.2) is 11.8 Å². The molecule has 130 valence electrons. The molecule has 3 rings (SSSR count). The van der Waals surface area contributed by atoms with Gasteiger partial charge in [0.2, 0.25) is 11.8 Å². The van der Waals surface area contributed by atoms with Crippen LogP contribution in [0.3, 0.4) is 0 Å². The highest BCUT2D eigenvalue weighted by Gasteiger charge is 2.56. The number of rotatable bonds is 4. The minimum atomic E-state index is -1.21. The summed E-state index contributed by atoms with van der Waals surface area (Å²) < 4.78 is 26.2. The fraction of sp³-hybridized carbons (Fsp3) is 0.222. The van der Waals surface area contributed by atoms with Crippen LogP contribution in [-0.2, 0) is 9.59 Å². The first kappa shape index (κ1) is 17.4. The Morgan fingerprint density at radius 3 is 2.32 bits per heavy atom. The summed E-state index contributed by atoms with van der Waals surface area (Å²) in [4.78, 5) is 25.0. The van der Waals surface area contributed by atoms with Crippen molar-refractivity contribution in [1.29, 1.82) is 0 Å². The number of amides is 2. The molecule has 0 aromatic heterocycles. The van der Waals surface area contributed by atoms with E-state index in [-0.39, 0.29) is 5.69 Å². The van der Waals surface area contributed by atoms with E-state index >= 15 is 0 Å². The summed E-state index contributed by atoms with van der Waals surface area (Å²) in [6.45, 7) is 1.81. The van der Waals surface area contributed by atoms with Gasteiger partial charge in [0.25, 0.3) is 0 Å². The van der Waals surface area contributed by atoms with Gasteiger partial charge in [0.15, 0.2) is 11.6 Å². The molecule has 2 N–H and O–H groups in total. The van der Waals surface area contributed by atoms with Crippen molar-refractivity contribution in [3.8, 4) is 0 Å². The molecule has 0 saturated heterocycles. The predicted molar refractivity (Wildman–Crippen MR) is 91.5 cm³/mol. The predicted octanol–water partition coefficient (Wildman–Crippen LogP) is 4.28. The summed E-state index contributed by atoms with van der Waals surface area (Å²) in [5.41, 5.74) is 0.237. The molecule has 0 unspecified atom stereocenters. The van der Waals surface area contributed by atoms with Crippen LogP contribution in [0.5, 0.6) is 0 Å². The molecule has 1 aliphatic carbocycles. The van der Waals surface area contributed by atoms with Crippen molar-refractivity contribution >= 4 is 34.8 Å². The van der Waals surface area contributed by atoms with Crippen molar-refractivity contribution in [2.75, 3.05) is 10.6 Å². The fourth-order valence-corrected chi connectivity index (χ4v) is 2.65. The first-order valence-electron chi connectivity index (χ1n) is 7.66. The number of hydrogen-bond donors (Lipinski definition) is 2. The van der Waals surface area contributed by atoms with Crippen molar-refractivity contribution < 1.29 is 18.4 Å². The normalized spacial score (nSPS) is 14.7. The molecule has 0 atom stereocenters. The van der Waals surface area contributed by atoms with Crippen LogP contribution in [0.1, 0.15) is 18.4 Å². The van der Waals surface area contributed by atoms with Gasteiger partial charge in [-0.2, -0.15) is 0 Å². The monoisotopic (exact) mass is 364 g/mol. The number of benzene rings is 2. The van der Waals surface area contributed by atoms with Gasteiger partial charge in [-0.05, 0) is 49.6 Å². The fourth-order valence-electron chi connectivity index (χ4n) is 2.48. The maximum Gasteiger partial charge on any atom is 0.240 e. The summed E-state index contributed by atoms with van der Waals surface area (Å²) in [6.07, 6.45) is 0.766. The van der Waals surface area contributed by atoms with E-state index in [9.17, 15) is 18.4 Å². The maximum absolute atomic E-state index is 13.3. The topological polar surface area (TPSA) is 58.2 Å². The molecular formula is C18H15ClF2N2O2. The highest BCUT2D eigenvalue weighted by molar-refractivity contribution is 6.31. The highest BCUT2D eigenvalue weighted by atomic mass is 35.5. The van der Waals surface area contributed by atoms with E-state index in [0.29, 0.717) is 23.6 Å². The van der Waals surface area contributed by atoms with Crippen molar-refractivity contribution in [3.63, 3.8) is 0 Å². The molecule has 4 nitrogen and oxygen atoms in total. The van der Waals surface area contributed by atoms with Gasteiger partial charge < -0.3 is 10.6 Å². The number of carbonyl (C=O) groups is 2. The lowest BCUT2D eigenvalue weighted by Crippen LogP contribution is -2.35. The molecule has 0 heterocycles. The van der Waals surface area contributed by atoms with E-state index in [0.717, 1.165) is 17.7 Å². The van der Waals surface area contributed by atoms with E-state index in [1.807, 2.05) is 6.92 Å². The van der Waals surface area contributed by atoms with Crippen LogP contribution in [0, 0.1) is 24.0 Å². The molecule has 2 amide bonds. The lowest BCUT2D eigenvalue weighted by Gasteiger charge is -2.16. The maximum atomic E-state index is 13.3. The number of hydrogen-bond acceptors (Lipinski definition) is 2. The highest BCUT2D eigenvalue weighted by Crippen LogP contribution is 2.47. The number of halogens is 3. The molecule has 0 spiro atoms. The molecule has 2 aromatic rings. The second kappa shape index (κ2) is 6.44. The third-order valence-corrected chi connectivity index (χ3v) is 4.48. The van der Waals surface area contributed by atoms with E-state index in [4.69, 9.17) is 11.6 Å². The second-order valence-corrected chi connectivity index (χ2v) is 6.51. The first-order chi connectivity index (χ1) is 11.8. The first-order valence-corrected chi connectivity index (χ1v) is 8.04. The Balaban J connectivity index is 1.74. The molecule has 0 bridgehead atoms. The lowest BCUT2D eigenvalue weighted by atomic mass is 10.0. The van der Waals surface area contributed by atoms with Gasteiger partial charge in [-0.3, -0.25) is 9.59 Å². The van der Waals surface area contributed by atoms with E-state index in [2.05, 4.69) is 10.6 Å². The average molecular weight is 365 g/mol. The summed E-state index contributed by atoms with van der Waals surface area (Å²) in [7, 11) is 0. The Hall–Kier alpha value is -2.47. The molecule has 0 radical (unpaired) electrons. The minimum Gasteiger partial charge on any atom is -0.325 e. The zero-order chi connectivity index (χ0) is 18.2. The van der Waals surface area contributed by atoms with Gasteiger partial charge in [0.1, 0.15) is 5.41 Å². The Morgan fingerprint density at radius 1 is 1.00 bits per heavy atom. The van der Waals surface area contributed by atoms with Crippen molar-refractivity contribution in [3.05, 3.63) is 58.6 Å². The number of aryl methyl sites for hydroxylation is 1. The lowest BCUT2D eigenvalue weighted by molar-refractivity contribution is -0.131. The SMILES string of the molecule is Cc1ccc(Cl)cc1NC(=O)C1(C(=O)Nc2ccc(F)c(F)c2)CC1. The van der Waals surface area contributed by atoms with Crippen LogP contribution in [0.25, 0.3) is 0 Å². The Kier molecular flexibility index (Phi) is 4.47. The average Bonchev–Trinajstić information content (AvgIpc) is 3.36. The zero-order valence-corrected chi connectivity index (χ0v) is 14.1. The molecular weight excluding hydrogens is 350 g/mol. The minimum absolute atomic E-state index is 0.0990. The second-order valence-electron chi connectivity index (χ2n) is 6.08. The van der Waals surface area contributed by atoms with Gasteiger partial charge in [-0.25, -0.2) is 8.78 Å². The molecule has 7 heteroatoms. The molecule has 2 aromatic carbocycles. The molecule has 1 aliphatic rings. The van der Waals surface area contributed by atoms with Crippen LogP contribution in [0.15, 0.2) is 36.4 Å². The zero-order valence-electron chi connectivity index (χ0n) is 13.3. The van der Waals surface area contributed by atoms with Gasteiger partial charge in [0.05, 0.1) is 0 Å². The van der Waals surface area contributed by atoms with Gasteiger partial charge in [-0.15, -0.1) is 0 Å². The van der Waals surface area contributed by atoms with Crippen molar-refractivity contribution in [2.45, 2.75) is 19.8 Å². The van der Waals surface area contributed by atoms with Crippen LogP contribution in [0.4, 0.5) is 20.2 Å². The van der Waals surface area contributed by atoms with Crippen molar-refractivity contribution in [2.24, 2.45) is 5.41 Å². The van der Waals surface area contributed by atoms with Crippen molar-refractivity contribution in [1.82, 2.24) is 0 Å². The van der Waals surface area contributed by atoms with Crippen LogP contribution >= 0.6 is 11.6 Å². The largest absolute Gasteiger partial charge is 0.325 e. The van der Waals surface area contributed by atoms with E-state index in [1.165, 1.54) is 6.07 Å². The Bertz CT molecular complexity index is 866. The Morgan fingerprint density at radius 2 is 1.68 bits per heavy atom. The van der Waals surface area contributed by atoms with Gasteiger partial charge >= 0.3 is 0 Å². The smallest absolute Gasteiger partial charge is 0.240 e. The van der Waals surface area contributed by atoms with E-state index in [1.54, 1.807) is 18.2 Å². The number of carbonyl (C=O) groups excluding carboxylic acids is 2. The Labute approximate surface area is 148 Å². The summed E-state index contributed by atoms with van der Waals surface area (Å²) in [5, 5.41) is 5.67. The van der Waals surface area contributed by atoms with Gasteiger partial charge in [-0.1, -0.05) is 17.7 Å². The number of nitrogens with one attached hydrogen (secondary N) is 2. The van der Waals surface area contributed by atoms with Crippen LogP contribution < -0.4 is 10.6 Å². The summed E-state index contributed by atoms with van der Waals surface area (Å²) in [6, 6.07) is 8.11. The molecule has 0 aliphatic heterocycles.